The minimum Gasteiger partial charge on any atom is -0.103 e. The fourth-order valence-corrected chi connectivity index (χ4v) is 3.23. The van der Waals surface area contributed by atoms with Crippen LogP contribution in [0.5, 0.6) is 0 Å². The minimum absolute atomic E-state index is 0.530. The zero-order valence-corrected chi connectivity index (χ0v) is 12.6. The van der Waals surface area contributed by atoms with Crippen molar-refractivity contribution in [2.45, 2.75) is 52.4 Å². The summed E-state index contributed by atoms with van der Waals surface area (Å²) in [5.41, 5.74) is 5.92. The predicted octanol–water partition coefficient (Wildman–Crippen LogP) is 5.57. The molecule has 0 saturated carbocycles. The highest BCUT2D eigenvalue weighted by molar-refractivity contribution is 5.38. The van der Waals surface area contributed by atoms with Crippen molar-refractivity contribution >= 4 is 0 Å². The maximum atomic E-state index is 4.03. The van der Waals surface area contributed by atoms with Crippen molar-refractivity contribution in [1.29, 1.82) is 0 Å². The van der Waals surface area contributed by atoms with E-state index in [4.69, 9.17) is 0 Å². The second-order valence-electron chi connectivity index (χ2n) is 5.92. The van der Waals surface area contributed by atoms with Gasteiger partial charge in [-0.3, -0.25) is 0 Å². The van der Waals surface area contributed by atoms with Crippen LogP contribution in [0.15, 0.2) is 42.5 Å². The number of hydrogen-bond acceptors (Lipinski definition) is 0. The molecule has 2 rings (SSSR count). The van der Waals surface area contributed by atoms with Gasteiger partial charge in [0.15, 0.2) is 0 Å². The van der Waals surface area contributed by atoms with Gasteiger partial charge >= 0.3 is 0 Å². The fourth-order valence-electron chi connectivity index (χ4n) is 3.23. The molecule has 0 bridgehead atoms. The van der Waals surface area contributed by atoms with Crippen LogP contribution in [0, 0.1) is 12.8 Å². The molecule has 0 radical (unpaired) electrons. The van der Waals surface area contributed by atoms with E-state index in [9.17, 15) is 0 Å². The predicted molar refractivity (Wildman–Crippen MR) is 84.6 cm³/mol. The molecular formula is C19H26. The summed E-state index contributed by atoms with van der Waals surface area (Å²) in [6.45, 7) is 10.8. The second kappa shape index (κ2) is 6.23. The van der Waals surface area contributed by atoms with Crippen molar-refractivity contribution in [2.75, 3.05) is 0 Å². The lowest BCUT2D eigenvalue weighted by Gasteiger charge is -2.29. The molecule has 1 aromatic rings. The molecule has 0 heterocycles. The third-order valence-electron chi connectivity index (χ3n) is 4.33. The third-order valence-corrected chi connectivity index (χ3v) is 4.33. The molecule has 0 saturated heterocycles. The van der Waals surface area contributed by atoms with E-state index in [2.05, 4.69) is 57.7 Å². The van der Waals surface area contributed by atoms with Gasteiger partial charge in [-0.05, 0) is 55.7 Å². The molecule has 2 unspecified atom stereocenters. The van der Waals surface area contributed by atoms with Gasteiger partial charge < -0.3 is 0 Å². The van der Waals surface area contributed by atoms with Crippen LogP contribution >= 0.6 is 0 Å². The number of benzene rings is 1. The van der Waals surface area contributed by atoms with Crippen molar-refractivity contribution in [3.8, 4) is 0 Å². The summed E-state index contributed by atoms with van der Waals surface area (Å²) in [4.78, 5) is 0. The van der Waals surface area contributed by atoms with Crippen molar-refractivity contribution in [3.05, 3.63) is 59.2 Å². The molecule has 2 atom stereocenters. The summed E-state index contributed by atoms with van der Waals surface area (Å²) in [5.74, 6) is 1.13. The Morgan fingerprint density at radius 3 is 2.74 bits per heavy atom. The Balaban J connectivity index is 2.34. The van der Waals surface area contributed by atoms with Crippen LogP contribution in [0.4, 0.5) is 0 Å². The van der Waals surface area contributed by atoms with E-state index in [0.29, 0.717) is 11.8 Å². The van der Waals surface area contributed by atoms with E-state index in [1.54, 1.807) is 0 Å². The van der Waals surface area contributed by atoms with Gasteiger partial charge in [-0.2, -0.15) is 0 Å². The number of rotatable bonds is 4. The van der Waals surface area contributed by atoms with Crippen LogP contribution in [0.25, 0.3) is 0 Å². The average Bonchev–Trinajstić information content (AvgIpc) is 2.39. The van der Waals surface area contributed by atoms with Gasteiger partial charge in [-0.25, -0.2) is 0 Å². The van der Waals surface area contributed by atoms with Crippen molar-refractivity contribution in [3.63, 3.8) is 0 Å². The van der Waals surface area contributed by atoms with Crippen LogP contribution in [-0.4, -0.2) is 0 Å². The molecule has 102 valence electrons. The molecular weight excluding hydrogens is 228 g/mol. The molecule has 0 heteroatoms. The van der Waals surface area contributed by atoms with Crippen LogP contribution in [0.3, 0.4) is 0 Å². The van der Waals surface area contributed by atoms with E-state index in [-0.39, 0.29) is 0 Å². The Labute approximate surface area is 118 Å². The summed E-state index contributed by atoms with van der Waals surface area (Å²) in [6.07, 6.45) is 9.47. The van der Waals surface area contributed by atoms with Crippen LogP contribution < -0.4 is 0 Å². The van der Waals surface area contributed by atoms with E-state index in [0.717, 1.165) is 0 Å². The van der Waals surface area contributed by atoms with Gasteiger partial charge in [0.05, 0.1) is 0 Å². The number of aryl methyl sites for hydroxylation is 2. The monoisotopic (exact) mass is 254 g/mol. The highest BCUT2D eigenvalue weighted by Crippen LogP contribution is 2.38. The first-order chi connectivity index (χ1) is 9.15. The lowest BCUT2D eigenvalue weighted by Crippen LogP contribution is -2.14. The molecule has 0 N–H and O–H groups in total. The first-order valence-electron chi connectivity index (χ1n) is 7.55. The Bertz CT molecular complexity index is 479. The molecule has 1 aliphatic rings. The Morgan fingerprint density at radius 2 is 2.11 bits per heavy atom. The van der Waals surface area contributed by atoms with Gasteiger partial charge in [0.25, 0.3) is 0 Å². The molecule has 1 aromatic carbocycles. The largest absolute Gasteiger partial charge is 0.103 e. The molecule has 0 aliphatic heterocycles. The van der Waals surface area contributed by atoms with Crippen LogP contribution in [-0.2, 0) is 6.42 Å². The molecule has 0 nitrogen and oxygen atoms in total. The SMILES string of the molecule is C=CC1CCC(C)=CC1c1ccc(CCC)cc1C. The van der Waals surface area contributed by atoms with E-state index >= 15 is 0 Å². The van der Waals surface area contributed by atoms with Crippen LogP contribution in [0.2, 0.25) is 0 Å². The van der Waals surface area contributed by atoms with Gasteiger partial charge in [0, 0.05) is 5.92 Å². The third kappa shape index (κ3) is 3.18. The van der Waals surface area contributed by atoms with E-state index in [1.165, 1.54) is 47.9 Å². The zero-order valence-electron chi connectivity index (χ0n) is 12.6. The highest BCUT2D eigenvalue weighted by atomic mass is 14.3. The molecule has 0 amide bonds. The van der Waals surface area contributed by atoms with Gasteiger partial charge in [-0.1, -0.05) is 49.3 Å². The van der Waals surface area contributed by atoms with Crippen molar-refractivity contribution in [1.82, 2.24) is 0 Å². The maximum absolute atomic E-state index is 4.03. The zero-order chi connectivity index (χ0) is 13.8. The topological polar surface area (TPSA) is 0 Å². The normalized spacial score (nSPS) is 23.0. The summed E-state index contributed by atoms with van der Waals surface area (Å²) in [5, 5.41) is 0. The Hall–Kier alpha value is -1.30. The maximum Gasteiger partial charge on any atom is 0.00860 e. The fraction of sp³-hybridized carbons (Fsp3) is 0.474. The average molecular weight is 254 g/mol. The van der Waals surface area contributed by atoms with Gasteiger partial charge in [0.2, 0.25) is 0 Å². The lowest BCUT2D eigenvalue weighted by atomic mass is 9.76. The smallest absolute Gasteiger partial charge is 0.00860 e. The van der Waals surface area contributed by atoms with E-state index in [1.807, 2.05) is 0 Å². The molecule has 0 fully saturated rings. The number of hydrogen-bond donors (Lipinski definition) is 0. The first kappa shape index (κ1) is 14.1. The summed E-state index contributed by atoms with van der Waals surface area (Å²) >= 11 is 0. The summed E-state index contributed by atoms with van der Waals surface area (Å²) < 4.78 is 0. The van der Waals surface area contributed by atoms with Gasteiger partial charge in [0.1, 0.15) is 0 Å². The van der Waals surface area contributed by atoms with Crippen molar-refractivity contribution < 1.29 is 0 Å². The molecule has 19 heavy (non-hydrogen) atoms. The first-order valence-corrected chi connectivity index (χ1v) is 7.55. The summed E-state index contributed by atoms with van der Waals surface area (Å²) in [7, 11) is 0. The minimum atomic E-state index is 0.530. The lowest BCUT2D eigenvalue weighted by molar-refractivity contribution is 0.506. The Morgan fingerprint density at radius 1 is 1.32 bits per heavy atom. The quantitative estimate of drug-likeness (QED) is 0.616. The number of allylic oxidation sites excluding steroid dienone is 3. The Kier molecular flexibility index (Phi) is 4.63. The standard InChI is InChI=1S/C19H26/c1-5-7-16-9-11-18(15(4)13-16)19-12-14(3)8-10-17(19)6-2/h6,9,11-13,17,19H,2,5,7-8,10H2,1,3-4H3. The highest BCUT2D eigenvalue weighted by Gasteiger charge is 2.23. The van der Waals surface area contributed by atoms with Crippen LogP contribution in [0.1, 0.15) is 55.7 Å². The second-order valence-corrected chi connectivity index (χ2v) is 5.92. The van der Waals surface area contributed by atoms with E-state index < -0.39 is 0 Å². The molecule has 0 spiro atoms. The van der Waals surface area contributed by atoms with Gasteiger partial charge in [-0.15, -0.1) is 6.58 Å². The summed E-state index contributed by atoms with van der Waals surface area (Å²) in [6, 6.07) is 7.02. The molecule has 1 aliphatic carbocycles. The van der Waals surface area contributed by atoms with Crippen molar-refractivity contribution in [2.24, 2.45) is 5.92 Å². The molecule has 0 aromatic heterocycles.